The molecule has 136 valence electrons. The number of β-amino-alcohol motifs (C(OH)–C–C–N with tert-alkyl or cyclic N) is 1. The molecular formula is C19H28N4O2. The van der Waals surface area contributed by atoms with Crippen LogP contribution in [-0.2, 0) is 0 Å². The van der Waals surface area contributed by atoms with E-state index in [1.54, 1.807) is 17.0 Å². The van der Waals surface area contributed by atoms with Crippen molar-refractivity contribution >= 4 is 16.6 Å². The molecular weight excluding hydrogens is 316 g/mol. The first-order chi connectivity index (χ1) is 13.8. The Labute approximate surface area is 155 Å². The van der Waals surface area contributed by atoms with E-state index in [-0.39, 0.29) is 12.3 Å². The van der Waals surface area contributed by atoms with Gasteiger partial charge in [-0.15, -0.1) is 0 Å². The molecule has 3 rings (SSSR count). The van der Waals surface area contributed by atoms with Crippen LogP contribution in [0.1, 0.15) is 9.81 Å². The normalized spacial score (nSPS) is 20.4. The van der Waals surface area contributed by atoms with Gasteiger partial charge in [-0.05, 0) is 19.1 Å². The second kappa shape index (κ2) is 8.47. The van der Waals surface area contributed by atoms with E-state index in [1.807, 2.05) is 19.1 Å². The number of aliphatic hydroxyl groups excluding tert-OH is 1. The van der Waals surface area contributed by atoms with Crippen molar-refractivity contribution in [3.05, 3.63) is 30.0 Å². The van der Waals surface area contributed by atoms with Crippen molar-refractivity contribution in [1.82, 2.24) is 14.8 Å². The number of hydrogen-bond donors (Lipinski definition) is 2. The Bertz CT molecular complexity index is 846. The summed E-state index contributed by atoms with van der Waals surface area (Å²) in [4.78, 5) is 8.31. The lowest BCUT2D eigenvalue weighted by Gasteiger charge is -2.34. The first-order valence-electron chi connectivity index (χ1n) is 10.5. The molecule has 2 heterocycles. The molecule has 6 nitrogen and oxygen atoms in total. The number of anilines is 1. The molecule has 0 amide bonds. The van der Waals surface area contributed by atoms with Crippen LogP contribution >= 0.6 is 0 Å². The average molecular weight is 348 g/mol. The lowest BCUT2D eigenvalue weighted by atomic mass is 10.1. The molecule has 6 heteroatoms. The molecule has 2 aromatic rings. The predicted octanol–water partition coefficient (Wildman–Crippen LogP) is 1.57. The average Bonchev–Trinajstić information content (AvgIpc) is 2.72. The monoisotopic (exact) mass is 348 g/mol. The van der Waals surface area contributed by atoms with Gasteiger partial charge in [0.2, 0.25) is 0 Å². The summed E-state index contributed by atoms with van der Waals surface area (Å²) < 4.78 is 39.5. The van der Waals surface area contributed by atoms with Gasteiger partial charge >= 0.3 is 0 Å². The maximum absolute atomic E-state index is 9.07. The number of hydrogen-bond acceptors (Lipinski definition) is 6. The van der Waals surface area contributed by atoms with Crippen molar-refractivity contribution in [3.8, 4) is 5.75 Å². The number of piperazine rings is 1. The van der Waals surface area contributed by atoms with E-state index in [9.17, 15) is 0 Å². The molecule has 1 unspecified atom stereocenters. The highest BCUT2D eigenvalue weighted by Crippen LogP contribution is 2.28. The molecule has 1 aliphatic heterocycles. The minimum atomic E-state index is -2.27. The Balaban J connectivity index is 1.88. The first kappa shape index (κ1) is 13.3. The molecule has 1 aliphatic rings. The maximum Gasteiger partial charge on any atom is 0.160 e. The summed E-state index contributed by atoms with van der Waals surface area (Å²) >= 11 is 0. The number of pyridine rings is 1. The van der Waals surface area contributed by atoms with Crippen LogP contribution in [0, 0.1) is 6.92 Å². The lowest BCUT2D eigenvalue weighted by molar-refractivity contribution is 0.115. The Hall–Kier alpha value is -1.89. The highest BCUT2D eigenvalue weighted by Gasteiger charge is 2.16. The van der Waals surface area contributed by atoms with Gasteiger partial charge in [0.25, 0.3) is 0 Å². The van der Waals surface area contributed by atoms with Gasteiger partial charge in [-0.3, -0.25) is 14.8 Å². The zero-order valence-corrected chi connectivity index (χ0v) is 14.8. The quantitative estimate of drug-likeness (QED) is 0.792. The van der Waals surface area contributed by atoms with E-state index in [0.717, 1.165) is 16.4 Å². The summed E-state index contributed by atoms with van der Waals surface area (Å²) in [7, 11) is 1.52. The highest BCUT2D eigenvalue weighted by molar-refractivity contribution is 5.92. The predicted molar refractivity (Wildman–Crippen MR) is 101 cm³/mol. The van der Waals surface area contributed by atoms with Crippen LogP contribution in [0.2, 0.25) is 1.41 Å². The number of nitrogens with zero attached hydrogens (tertiary/aromatic N) is 3. The number of aliphatic hydroxyl groups is 1. The fourth-order valence-electron chi connectivity index (χ4n) is 2.93. The van der Waals surface area contributed by atoms with Crippen LogP contribution in [0.3, 0.4) is 0 Å². The van der Waals surface area contributed by atoms with E-state index in [0.29, 0.717) is 44.0 Å². The second-order valence-corrected chi connectivity index (χ2v) is 6.14. The third-order valence-electron chi connectivity index (χ3n) is 4.37. The number of fused-ring (bicyclic) bond motifs is 1. The Morgan fingerprint density at radius 2 is 2.04 bits per heavy atom. The van der Waals surface area contributed by atoms with Crippen molar-refractivity contribution in [3.63, 3.8) is 0 Å². The maximum atomic E-state index is 9.07. The molecule has 0 radical (unpaired) electrons. The summed E-state index contributed by atoms with van der Waals surface area (Å²) in [6, 6.07) is 7.11. The van der Waals surface area contributed by atoms with Crippen LogP contribution in [-0.4, -0.2) is 79.3 Å². The van der Waals surface area contributed by atoms with Gasteiger partial charge in [0, 0.05) is 64.3 Å². The van der Waals surface area contributed by atoms with Crippen molar-refractivity contribution in [1.29, 1.82) is 0 Å². The molecule has 0 bridgehead atoms. The van der Waals surface area contributed by atoms with Gasteiger partial charge in [-0.1, -0.05) is 6.07 Å². The number of aromatic nitrogens is 1. The Morgan fingerprint density at radius 1 is 1.28 bits per heavy atom. The topological polar surface area (TPSA) is 60.9 Å². The number of benzene rings is 1. The van der Waals surface area contributed by atoms with Crippen LogP contribution in [0.5, 0.6) is 5.75 Å². The summed E-state index contributed by atoms with van der Waals surface area (Å²) in [5.74, 6) is 0.505. The lowest BCUT2D eigenvalue weighted by Crippen LogP contribution is -2.48. The van der Waals surface area contributed by atoms with E-state index in [1.165, 1.54) is 7.11 Å². The van der Waals surface area contributed by atoms with Crippen LogP contribution in [0.4, 0.5) is 5.69 Å². The zero-order valence-electron chi connectivity index (χ0n) is 18.8. The summed E-state index contributed by atoms with van der Waals surface area (Å²) in [5.41, 5.74) is 1.54. The fraction of sp³-hybridized carbons (Fsp3) is 0.526. The third-order valence-corrected chi connectivity index (χ3v) is 4.37. The number of nitrogens with one attached hydrogen (secondary N) is 1. The zero-order chi connectivity index (χ0) is 21.2. The number of aryl methyl sites for hydroxylation is 1. The van der Waals surface area contributed by atoms with Gasteiger partial charge in [-0.2, -0.15) is 0 Å². The van der Waals surface area contributed by atoms with Gasteiger partial charge in [-0.25, -0.2) is 0 Å². The van der Waals surface area contributed by atoms with Crippen LogP contribution < -0.4 is 10.0 Å². The summed E-state index contributed by atoms with van der Waals surface area (Å²) in [5, 5.41) is 10.6. The molecule has 1 aromatic carbocycles. The number of rotatable bonds is 7. The standard InChI is InChI=1S/C19H28N4O2/c1-15-3-4-16-13-17(25-2)14-18(19(16)21-15)20-5-6-22-7-9-23(10-8-22)11-12-24/h3-4,13-14,20,24H,5-12H2,1-2H3/i5D2,6D/hD. The second-order valence-electron chi connectivity index (χ2n) is 6.14. The molecule has 0 saturated carbocycles. The molecule has 1 fully saturated rings. The number of ether oxygens (including phenoxy) is 1. The van der Waals surface area contributed by atoms with Gasteiger partial charge in [0.15, 0.2) is 1.41 Å². The van der Waals surface area contributed by atoms with Gasteiger partial charge in [0.1, 0.15) is 5.75 Å². The fourth-order valence-corrected chi connectivity index (χ4v) is 2.93. The van der Waals surface area contributed by atoms with Gasteiger partial charge in [0.05, 0.1) is 27.7 Å². The van der Waals surface area contributed by atoms with Crippen molar-refractivity contribution in [2.24, 2.45) is 0 Å². The van der Waals surface area contributed by atoms with E-state index >= 15 is 0 Å². The molecule has 1 atom stereocenters. The van der Waals surface area contributed by atoms with Crippen molar-refractivity contribution < 1.29 is 15.4 Å². The number of methoxy groups -OCH3 is 1. The summed E-state index contributed by atoms with van der Waals surface area (Å²) in [6.45, 7) is 1.33. The largest absolute Gasteiger partial charge is 0.497 e. The molecule has 2 N–H and O–H groups in total. The molecule has 0 aliphatic carbocycles. The first-order valence-corrected chi connectivity index (χ1v) is 8.52. The Kier molecular flexibility index (Phi) is 4.52. The highest BCUT2D eigenvalue weighted by atomic mass is 16.5. The van der Waals surface area contributed by atoms with E-state index in [4.69, 9.17) is 15.4 Å². The molecule has 25 heavy (non-hydrogen) atoms. The molecule has 1 saturated heterocycles. The smallest absolute Gasteiger partial charge is 0.160 e. The third kappa shape index (κ3) is 4.60. The minimum Gasteiger partial charge on any atom is -0.497 e. The van der Waals surface area contributed by atoms with Crippen molar-refractivity contribution in [2.75, 3.05) is 64.8 Å². The van der Waals surface area contributed by atoms with Crippen LogP contribution in [0.25, 0.3) is 10.9 Å². The van der Waals surface area contributed by atoms with E-state index in [2.05, 4.69) is 9.88 Å². The summed E-state index contributed by atoms with van der Waals surface area (Å²) in [6.07, 6.45) is 0. The van der Waals surface area contributed by atoms with E-state index < -0.39 is 13.0 Å². The van der Waals surface area contributed by atoms with Crippen molar-refractivity contribution in [2.45, 2.75) is 6.92 Å². The Morgan fingerprint density at radius 3 is 2.76 bits per heavy atom. The SMILES string of the molecule is [2H]C(N1CCN(CCO)CC1)C([2H])([2H])N([2H])c1cc(OC)cc2ccc(C)nc12. The van der Waals surface area contributed by atoms with Crippen LogP contribution in [0.15, 0.2) is 24.3 Å². The molecule has 1 aromatic heterocycles. The molecule has 0 spiro atoms. The minimum absolute atomic E-state index is 0.0843. The van der Waals surface area contributed by atoms with Gasteiger partial charge < -0.3 is 15.2 Å².